The highest BCUT2D eigenvalue weighted by Gasteiger charge is 1.95. The third-order valence-electron chi connectivity index (χ3n) is 1.19. The molecule has 0 aromatic carbocycles. The summed E-state index contributed by atoms with van der Waals surface area (Å²) in [7, 11) is 0. The van der Waals surface area contributed by atoms with Crippen LogP contribution in [-0.4, -0.2) is 12.0 Å². The highest BCUT2D eigenvalue weighted by molar-refractivity contribution is 7.80. The summed E-state index contributed by atoms with van der Waals surface area (Å²) in [5.74, 6) is 7.20. The Morgan fingerprint density at radius 3 is 3.00 bits per heavy atom. The van der Waals surface area contributed by atoms with E-state index in [9.17, 15) is 4.79 Å². The molecule has 0 atom stereocenters. The summed E-state index contributed by atoms with van der Waals surface area (Å²) < 4.78 is 5.01. The van der Waals surface area contributed by atoms with Crippen molar-refractivity contribution < 1.29 is 9.21 Å². The first-order valence-electron chi connectivity index (χ1n) is 3.51. The van der Waals surface area contributed by atoms with Crippen LogP contribution < -0.4 is 0 Å². The second kappa shape index (κ2) is 4.68. The normalized spacial score (nSPS) is 8.75. The van der Waals surface area contributed by atoms with Crippen LogP contribution in [0.25, 0.3) is 0 Å². The summed E-state index contributed by atoms with van der Waals surface area (Å²) in [5.41, 5.74) is 0. The van der Waals surface area contributed by atoms with E-state index in [-0.39, 0.29) is 0 Å². The smallest absolute Gasteiger partial charge is 0.185 e. The lowest BCUT2D eigenvalue weighted by molar-refractivity contribution is 0.110. The van der Waals surface area contributed by atoms with Gasteiger partial charge >= 0.3 is 0 Å². The van der Waals surface area contributed by atoms with Gasteiger partial charge in [-0.3, -0.25) is 4.79 Å². The van der Waals surface area contributed by atoms with Gasteiger partial charge in [-0.05, 0) is 18.1 Å². The first-order chi connectivity index (χ1) is 5.86. The van der Waals surface area contributed by atoms with Crippen LogP contribution in [0.5, 0.6) is 0 Å². The first kappa shape index (κ1) is 8.95. The van der Waals surface area contributed by atoms with Gasteiger partial charge in [0, 0.05) is 12.2 Å². The zero-order valence-electron chi connectivity index (χ0n) is 6.41. The minimum atomic E-state index is 0.310. The average molecular weight is 180 g/mol. The number of carbonyl (C=O) groups is 1. The second-order valence-corrected chi connectivity index (χ2v) is 2.54. The minimum Gasteiger partial charge on any atom is -0.445 e. The number of hydrogen-bond donors (Lipinski definition) is 1. The highest BCUT2D eigenvalue weighted by Crippen LogP contribution is 2.03. The zero-order valence-corrected chi connectivity index (χ0v) is 7.30. The van der Waals surface area contributed by atoms with E-state index in [1.54, 1.807) is 12.1 Å². The molecule has 0 saturated carbocycles. The van der Waals surface area contributed by atoms with Crippen molar-refractivity contribution in [2.75, 3.05) is 5.75 Å². The maximum absolute atomic E-state index is 10.2. The molecule has 2 nitrogen and oxygen atoms in total. The molecule has 62 valence electrons. The van der Waals surface area contributed by atoms with Crippen molar-refractivity contribution in [3.63, 3.8) is 0 Å². The number of aldehydes is 1. The standard InChI is InChI=1S/C9H8O2S/c10-7-9-5-4-8(11-9)3-1-2-6-12/h4-5,7,12H,2,6H2. The minimum absolute atomic E-state index is 0.310. The van der Waals surface area contributed by atoms with E-state index in [0.29, 0.717) is 17.8 Å². The van der Waals surface area contributed by atoms with E-state index >= 15 is 0 Å². The molecule has 0 spiro atoms. The van der Waals surface area contributed by atoms with Gasteiger partial charge in [-0.25, -0.2) is 0 Å². The Hall–Kier alpha value is -1.14. The molecular formula is C9H8O2S. The van der Waals surface area contributed by atoms with E-state index in [1.165, 1.54) is 0 Å². The fourth-order valence-electron chi connectivity index (χ4n) is 0.689. The average Bonchev–Trinajstić information content (AvgIpc) is 2.53. The summed E-state index contributed by atoms with van der Waals surface area (Å²) in [6.07, 6.45) is 1.38. The molecule has 0 bridgehead atoms. The molecule has 0 radical (unpaired) electrons. The van der Waals surface area contributed by atoms with Crippen molar-refractivity contribution in [1.29, 1.82) is 0 Å². The molecule has 0 saturated heterocycles. The van der Waals surface area contributed by atoms with Crippen LogP contribution in [0, 0.1) is 11.8 Å². The summed E-state index contributed by atoms with van der Waals surface area (Å²) in [5, 5.41) is 0. The van der Waals surface area contributed by atoms with E-state index in [0.717, 1.165) is 12.2 Å². The molecule has 0 unspecified atom stereocenters. The van der Waals surface area contributed by atoms with Crippen molar-refractivity contribution in [2.24, 2.45) is 0 Å². The molecule has 0 aliphatic rings. The molecule has 1 rings (SSSR count). The molecular weight excluding hydrogens is 172 g/mol. The van der Waals surface area contributed by atoms with Gasteiger partial charge in [0.2, 0.25) is 0 Å². The lowest BCUT2D eigenvalue weighted by Crippen LogP contribution is -1.70. The Labute approximate surface area is 76.4 Å². The van der Waals surface area contributed by atoms with Gasteiger partial charge in [0.15, 0.2) is 17.8 Å². The highest BCUT2D eigenvalue weighted by atomic mass is 32.1. The summed E-state index contributed by atoms with van der Waals surface area (Å²) >= 11 is 4.00. The fourth-order valence-corrected chi connectivity index (χ4v) is 0.801. The van der Waals surface area contributed by atoms with Crippen molar-refractivity contribution in [1.82, 2.24) is 0 Å². The molecule has 0 amide bonds. The molecule has 1 aromatic rings. The fraction of sp³-hybridized carbons (Fsp3) is 0.222. The Balaban J connectivity index is 2.65. The predicted molar refractivity (Wildman–Crippen MR) is 49.4 cm³/mol. The molecule has 0 N–H and O–H groups in total. The Morgan fingerprint density at radius 1 is 1.58 bits per heavy atom. The van der Waals surface area contributed by atoms with E-state index in [2.05, 4.69) is 24.5 Å². The maximum atomic E-state index is 10.2. The third-order valence-corrected chi connectivity index (χ3v) is 1.41. The molecule has 12 heavy (non-hydrogen) atoms. The number of furan rings is 1. The van der Waals surface area contributed by atoms with Gasteiger partial charge in [-0.15, -0.1) is 0 Å². The van der Waals surface area contributed by atoms with Crippen molar-refractivity contribution in [2.45, 2.75) is 6.42 Å². The van der Waals surface area contributed by atoms with Gasteiger partial charge in [-0.1, -0.05) is 5.92 Å². The Morgan fingerprint density at radius 2 is 2.42 bits per heavy atom. The van der Waals surface area contributed by atoms with Gasteiger partial charge in [0.05, 0.1) is 0 Å². The summed E-state index contributed by atoms with van der Waals surface area (Å²) in [6.45, 7) is 0. The molecule has 0 aliphatic heterocycles. The molecule has 1 heterocycles. The van der Waals surface area contributed by atoms with Crippen LogP contribution in [0.4, 0.5) is 0 Å². The van der Waals surface area contributed by atoms with Gasteiger partial charge in [0.1, 0.15) is 0 Å². The zero-order chi connectivity index (χ0) is 8.81. The van der Waals surface area contributed by atoms with Crippen LogP contribution in [0.2, 0.25) is 0 Å². The third kappa shape index (κ3) is 2.48. The summed E-state index contributed by atoms with van der Waals surface area (Å²) in [6, 6.07) is 3.27. The number of carbonyl (C=O) groups excluding carboxylic acids is 1. The lowest BCUT2D eigenvalue weighted by Gasteiger charge is -1.79. The lowest BCUT2D eigenvalue weighted by atomic mass is 10.4. The Bertz CT molecular complexity index is 317. The molecule has 3 heteroatoms. The second-order valence-electron chi connectivity index (χ2n) is 2.10. The topological polar surface area (TPSA) is 30.2 Å². The summed E-state index contributed by atoms with van der Waals surface area (Å²) in [4.78, 5) is 10.2. The molecule has 0 fully saturated rings. The van der Waals surface area contributed by atoms with E-state index in [1.807, 2.05) is 0 Å². The molecule has 1 aromatic heterocycles. The quantitative estimate of drug-likeness (QED) is 0.427. The predicted octanol–water partition coefficient (Wildman–Crippen LogP) is 1.76. The Kier molecular flexibility index (Phi) is 3.49. The largest absolute Gasteiger partial charge is 0.445 e. The van der Waals surface area contributed by atoms with Crippen LogP contribution >= 0.6 is 12.6 Å². The first-order valence-corrected chi connectivity index (χ1v) is 4.15. The van der Waals surface area contributed by atoms with Crippen LogP contribution in [0.3, 0.4) is 0 Å². The molecule has 0 aliphatic carbocycles. The van der Waals surface area contributed by atoms with Crippen LogP contribution in [0.1, 0.15) is 22.7 Å². The SMILES string of the molecule is O=Cc1ccc(C#CCCS)o1. The monoisotopic (exact) mass is 180 g/mol. The van der Waals surface area contributed by atoms with Crippen molar-refractivity contribution >= 4 is 18.9 Å². The van der Waals surface area contributed by atoms with Gasteiger partial charge in [-0.2, -0.15) is 12.6 Å². The van der Waals surface area contributed by atoms with E-state index in [4.69, 9.17) is 4.42 Å². The van der Waals surface area contributed by atoms with Crippen LogP contribution in [-0.2, 0) is 0 Å². The maximum Gasteiger partial charge on any atom is 0.185 e. The van der Waals surface area contributed by atoms with Crippen LogP contribution in [0.15, 0.2) is 16.5 Å². The van der Waals surface area contributed by atoms with Gasteiger partial charge in [0.25, 0.3) is 0 Å². The van der Waals surface area contributed by atoms with E-state index < -0.39 is 0 Å². The van der Waals surface area contributed by atoms with Crippen molar-refractivity contribution in [3.05, 3.63) is 23.7 Å². The number of thiol groups is 1. The van der Waals surface area contributed by atoms with Crippen molar-refractivity contribution in [3.8, 4) is 11.8 Å². The number of hydrogen-bond acceptors (Lipinski definition) is 3. The number of rotatable bonds is 2. The van der Waals surface area contributed by atoms with Gasteiger partial charge < -0.3 is 4.42 Å².